The minimum Gasteiger partial charge on any atom is -0.491 e. The van der Waals surface area contributed by atoms with Crippen molar-refractivity contribution < 1.29 is 4.74 Å². The molecule has 1 N–H and O–H groups in total. The zero-order chi connectivity index (χ0) is 14.5. The molecule has 1 aromatic carbocycles. The zero-order valence-electron chi connectivity index (χ0n) is 12.7. The Morgan fingerprint density at radius 1 is 1.25 bits per heavy atom. The molecule has 0 fully saturated rings. The van der Waals surface area contributed by atoms with Gasteiger partial charge >= 0.3 is 0 Å². The van der Waals surface area contributed by atoms with E-state index in [1.54, 1.807) is 0 Å². The van der Waals surface area contributed by atoms with Crippen LogP contribution < -0.4 is 10.1 Å². The summed E-state index contributed by atoms with van der Waals surface area (Å²) in [5, 5.41) is 4.42. The number of thioether (sulfide) groups is 1. The van der Waals surface area contributed by atoms with Gasteiger partial charge in [-0.1, -0.05) is 25.6 Å². The normalized spacial score (nSPS) is 18.5. The van der Waals surface area contributed by atoms with E-state index in [1.165, 1.54) is 6.42 Å². The van der Waals surface area contributed by atoms with E-state index in [4.69, 9.17) is 9.73 Å². The summed E-state index contributed by atoms with van der Waals surface area (Å²) in [5.74, 6) is 2.70. The first kappa shape index (κ1) is 15.2. The maximum atomic E-state index is 5.64. The van der Waals surface area contributed by atoms with E-state index in [-0.39, 0.29) is 6.10 Å². The van der Waals surface area contributed by atoms with Gasteiger partial charge < -0.3 is 10.1 Å². The summed E-state index contributed by atoms with van der Waals surface area (Å²) >= 11 is 1.81. The molecule has 110 valence electrons. The monoisotopic (exact) mass is 292 g/mol. The number of hydrogen-bond acceptors (Lipinski definition) is 4. The van der Waals surface area contributed by atoms with E-state index in [9.17, 15) is 0 Å². The largest absolute Gasteiger partial charge is 0.491 e. The fourth-order valence-electron chi connectivity index (χ4n) is 2.16. The van der Waals surface area contributed by atoms with E-state index >= 15 is 0 Å². The molecule has 1 atom stereocenters. The molecule has 0 spiro atoms. The molecular formula is C16H24N2OS. The number of hydrogen-bond donors (Lipinski definition) is 1. The van der Waals surface area contributed by atoms with Gasteiger partial charge in [0.2, 0.25) is 0 Å². The topological polar surface area (TPSA) is 33.6 Å². The molecule has 3 nitrogen and oxygen atoms in total. The lowest BCUT2D eigenvalue weighted by atomic mass is 10.1. The predicted molar refractivity (Wildman–Crippen MR) is 89.0 cm³/mol. The Morgan fingerprint density at radius 2 is 1.95 bits per heavy atom. The Labute approximate surface area is 126 Å². The van der Waals surface area contributed by atoms with Crippen molar-refractivity contribution >= 4 is 22.6 Å². The van der Waals surface area contributed by atoms with Crippen LogP contribution in [0.5, 0.6) is 5.75 Å². The van der Waals surface area contributed by atoms with E-state index in [0.29, 0.717) is 12.0 Å². The third-order valence-corrected chi connectivity index (χ3v) is 3.97. The Kier molecular flexibility index (Phi) is 5.35. The van der Waals surface area contributed by atoms with E-state index in [0.717, 1.165) is 22.4 Å². The molecule has 1 aliphatic rings. The molecule has 0 aliphatic carbocycles. The maximum Gasteiger partial charge on any atom is 0.161 e. The molecule has 1 aromatic rings. The van der Waals surface area contributed by atoms with Crippen molar-refractivity contribution in [2.24, 2.45) is 10.9 Å². The number of anilines is 1. The second kappa shape index (κ2) is 7.02. The maximum absolute atomic E-state index is 5.64. The van der Waals surface area contributed by atoms with Crippen molar-refractivity contribution in [3.63, 3.8) is 0 Å². The van der Waals surface area contributed by atoms with Gasteiger partial charge in [-0.15, -0.1) is 0 Å². The van der Waals surface area contributed by atoms with Gasteiger partial charge in [0.25, 0.3) is 0 Å². The van der Waals surface area contributed by atoms with Crippen molar-refractivity contribution in [2.75, 3.05) is 11.1 Å². The Balaban J connectivity index is 1.90. The first-order chi connectivity index (χ1) is 9.52. The Hall–Kier alpha value is -1.16. The minimum absolute atomic E-state index is 0.209. The highest BCUT2D eigenvalue weighted by atomic mass is 32.2. The molecule has 2 rings (SSSR count). The summed E-state index contributed by atoms with van der Waals surface area (Å²) in [6.45, 7) is 8.56. The third-order valence-electron chi connectivity index (χ3n) is 2.93. The molecule has 1 unspecified atom stereocenters. The Morgan fingerprint density at radius 3 is 2.55 bits per heavy atom. The van der Waals surface area contributed by atoms with E-state index in [1.807, 2.05) is 49.9 Å². The van der Waals surface area contributed by atoms with Crippen LogP contribution in [-0.2, 0) is 0 Å². The van der Waals surface area contributed by atoms with Gasteiger partial charge in [-0.05, 0) is 50.5 Å². The highest BCUT2D eigenvalue weighted by Crippen LogP contribution is 2.25. The van der Waals surface area contributed by atoms with Crippen molar-refractivity contribution in [2.45, 2.75) is 46.3 Å². The summed E-state index contributed by atoms with van der Waals surface area (Å²) in [4.78, 5) is 4.73. The zero-order valence-corrected chi connectivity index (χ0v) is 13.5. The van der Waals surface area contributed by atoms with E-state index in [2.05, 4.69) is 19.2 Å². The molecule has 1 aliphatic heterocycles. The Bertz CT molecular complexity index is 454. The minimum atomic E-state index is 0.209. The second-order valence-electron chi connectivity index (χ2n) is 5.84. The highest BCUT2D eigenvalue weighted by molar-refractivity contribution is 8.14. The lowest BCUT2D eigenvalue weighted by Gasteiger charge is -2.10. The molecule has 0 amide bonds. The van der Waals surface area contributed by atoms with Crippen LogP contribution in [0, 0.1) is 5.92 Å². The van der Waals surface area contributed by atoms with Crippen LogP contribution in [-0.4, -0.2) is 23.1 Å². The van der Waals surface area contributed by atoms with Crippen LogP contribution in [0.4, 0.5) is 5.69 Å². The van der Waals surface area contributed by atoms with Crippen LogP contribution in [0.2, 0.25) is 0 Å². The standard InChI is InChI=1S/C16H24N2OS/c1-11(2)9-14-10-20-16(18-14)17-13-5-7-15(8-6-13)19-12(3)4/h5-8,11-12,14H,9-10H2,1-4H3,(H,17,18). The number of nitrogens with zero attached hydrogens (tertiary/aromatic N) is 1. The molecular weight excluding hydrogens is 268 g/mol. The number of rotatable bonds is 5. The summed E-state index contributed by atoms with van der Waals surface area (Å²) in [7, 11) is 0. The van der Waals surface area contributed by atoms with Gasteiger partial charge in [-0.2, -0.15) is 0 Å². The molecule has 0 aromatic heterocycles. The average Bonchev–Trinajstić information content (AvgIpc) is 2.77. The molecule has 4 heteroatoms. The van der Waals surface area contributed by atoms with Gasteiger partial charge in [0.15, 0.2) is 5.17 Å². The number of aliphatic imine (C=N–C) groups is 1. The molecule has 0 saturated carbocycles. The van der Waals surface area contributed by atoms with Gasteiger partial charge in [0.1, 0.15) is 5.75 Å². The first-order valence-corrected chi connectivity index (χ1v) is 8.26. The molecule has 20 heavy (non-hydrogen) atoms. The number of nitrogens with one attached hydrogen (secondary N) is 1. The fourth-order valence-corrected chi connectivity index (χ4v) is 3.14. The molecule has 0 bridgehead atoms. The number of amidine groups is 1. The van der Waals surface area contributed by atoms with Crippen molar-refractivity contribution in [1.82, 2.24) is 0 Å². The van der Waals surface area contributed by atoms with Gasteiger partial charge in [0.05, 0.1) is 12.1 Å². The lowest BCUT2D eigenvalue weighted by Crippen LogP contribution is -2.08. The van der Waals surface area contributed by atoms with E-state index < -0.39 is 0 Å². The highest BCUT2D eigenvalue weighted by Gasteiger charge is 2.19. The number of ether oxygens (including phenoxy) is 1. The summed E-state index contributed by atoms with van der Waals surface area (Å²) < 4.78 is 5.64. The van der Waals surface area contributed by atoms with Crippen LogP contribution in [0.3, 0.4) is 0 Å². The molecule has 0 radical (unpaired) electrons. The molecule has 1 heterocycles. The smallest absolute Gasteiger partial charge is 0.161 e. The predicted octanol–water partition coefficient (Wildman–Crippen LogP) is 4.40. The van der Waals surface area contributed by atoms with Gasteiger partial charge in [-0.3, -0.25) is 4.99 Å². The summed E-state index contributed by atoms with van der Waals surface area (Å²) in [6.07, 6.45) is 1.37. The quantitative estimate of drug-likeness (QED) is 0.873. The van der Waals surface area contributed by atoms with Crippen LogP contribution in [0.15, 0.2) is 29.3 Å². The third kappa shape index (κ3) is 4.75. The van der Waals surface area contributed by atoms with Gasteiger partial charge in [-0.25, -0.2) is 0 Å². The van der Waals surface area contributed by atoms with Crippen molar-refractivity contribution in [3.05, 3.63) is 24.3 Å². The van der Waals surface area contributed by atoms with Crippen LogP contribution in [0.1, 0.15) is 34.1 Å². The second-order valence-corrected chi connectivity index (χ2v) is 6.85. The summed E-state index contributed by atoms with van der Waals surface area (Å²) in [6, 6.07) is 8.53. The molecule has 0 saturated heterocycles. The van der Waals surface area contributed by atoms with Crippen LogP contribution in [0.25, 0.3) is 0 Å². The number of benzene rings is 1. The lowest BCUT2D eigenvalue weighted by molar-refractivity contribution is 0.242. The fraction of sp³-hybridized carbons (Fsp3) is 0.562. The van der Waals surface area contributed by atoms with Crippen molar-refractivity contribution in [1.29, 1.82) is 0 Å². The van der Waals surface area contributed by atoms with Gasteiger partial charge in [0, 0.05) is 11.4 Å². The van der Waals surface area contributed by atoms with Crippen LogP contribution >= 0.6 is 11.8 Å². The summed E-state index contributed by atoms with van der Waals surface area (Å²) in [5.41, 5.74) is 1.07. The SMILES string of the molecule is CC(C)CC1CSC(Nc2ccc(OC(C)C)cc2)=N1. The first-order valence-electron chi connectivity index (χ1n) is 7.27. The van der Waals surface area contributed by atoms with Crippen molar-refractivity contribution in [3.8, 4) is 5.75 Å². The average molecular weight is 292 g/mol.